The number of piperidine rings is 1. The molecule has 1 atom stereocenters. The van der Waals surface area contributed by atoms with Crippen molar-refractivity contribution in [2.45, 2.75) is 31.8 Å². The Morgan fingerprint density at radius 2 is 2.21 bits per heavy atom. The van der Waals surface area contributed by atoms with Gasteiger partial charge in [0.1, 0.15) is 10.7 Å². The third kappa shape index (κ3) is 5.89. The largest absolute Gasteiger partial charge is 0.399 e. The first-order valence-electron chi connectivity index (χ1n) is 11.2. The van der Waals surface area contributed by atoms with Gasteiger partial charge in [0.2, 0.25) is 0 Å². The van der Waals surface area contributed by atoms with E-state index in [9.17, 15) is 4.79 Å². The zero-order chi connectivity index (χ0) is 23.4. The molecule has 0 saturated carbocycles. The fraction of sp³-hybridized carbons (Fsp3) is 0.435. The van der Waals surface area contributed by atoms with Gasteiger partial charge in [0.25, 0.3) is 5.91 Å². The number of thiazole rings is 1. The van der Waals surface area contributed by atoms with E-state index >= 15 is 0 Å². The Morgan fingerprint density at radius 1 is 1.36 bits per heavy atom. The second kappa shape index (κ2) is 10.3. The molecule has 0 bridgehead atoms. The molecule has 33 heavy (non-hydrogen) atoms. The molecule has 0 unspecified atom stereocenters. The van der Waals surface area contributed by atoms with Gasteiger partial charge in [0, 0.05) is 48.5 Å². The Morgan fingerprint density at radius 3 is 3.00 bits per heavy atom. The maximum absolute atomic E-state index is 13.0. The molecule has 3 aromatic rings. The Balaban J connectivity index is 1.45. The summed E-state index contributed by atoms with van der Waals surface area (Å²) < 4.78 is 1.92. The molecule has 1 saturated heterocycles. The summed E-state index contributed by atoms with van der Waals surface area (Å²) in [4.78, 5) is 21.9. The molecule has 1 aromatic carbocycles. The number of hydrogen-bond donors (Lipinski definition) is 3. The Kier molecular flexibility index (Phi) is 7.26. The third-order valence-corrected chi connectivity index (χ3v) is 6.57. The standard InChI is InChI=1S/C23H32N8OS/c1-29(2)8-4-10-31-13-16(12-26-31)23-28-20(15-33-23)22(32)27-19-11-17(24)6-7-21(19)30-9-3-5-18(25)14-30/h6-7,11-13,15,18H,3-5,8-10,14,24-25H2,1-2H3,(H,27,32)/t18-/m1/s1. The van der Waals surface area contributed by atoms with E-state index in [1.54, 1.807) is 17.6 Å². The zero-order valence-electron chi connectivity index (χ0n) is 19.2. The number of nitrogens with one attached hydrogen (secondary N) is 1. The summed E-state index contributed by atoms with van der Waals surface area (Å²) in [6.45, 7) is 3.51. The minimum Gasteiger partial charge on any atom is -0.399 e. The number of aromatic nitrogens is 3. The molecule has 3 heterocycles. The van der Waals surface area contributed by atoms with Crippen LogP contribution in [0.3, 0.4) is 0 Å². The Bertz CT molecular complexity index is 1090. The molecule has 4 rings (SSSR count). The average molecular weight is 469 g/mol. The van der Waals surface area contributed by atoms with Gasteiger partial charge in [-0.05, 0) is 58.1 Å². The molecule has 0 radical (unpaired) electrons. The van der Waals surface area contributed by atoms with Crippen molar-refractivity contribution in [2.24, 2.45) is 5.73 Å². The number of amides is 1. The summed E-state index contributed by atoms with van der Waals surface area (Å²) in [5.41, 5.74) is 15.7. The van der Waals surface area contributed by atoms with Crippen molar-refractivity contribution >= 4 is 34.3 Å². The number of nitrogens with zero attached hydrogens (tertiary/aromatic N) is 5. The lowest BCUT2D eigenvalue weighted by Crippen LogP contribution is -2.43. The lowest BCUT2D eigenvalue weighted by molar-refractivity contribution is 0.102. The topological polar surface area (TPSA) is 118 Å². The fourth-order valence-corrected chi connectivity index (χ4v) is 4.78. The number of hydrogen-bond acceptors (Lipinski definition) is 8. The van der Waals surface area contributed by atoms with Gasteiger partial charge in [-0.3, -0.25) is 9.48 Å². The minimum absolute atomic E-state index is 0.129. The monoisotopic (exact) mass is 468 g/mol. The van der Waals surface area contributed by atoms with Crippen molar-refractivity contribution in [3.63, 3.8) is 0 Å². The summed E-state index contributed by atoms with van der Waals surface area (Å²) in [5.74, 6) is -0.260. The molecular formula is C23H32N8OS. The van der Waals surface area contributed by atoms with Crippen molar-refractivity contribution in [3.05, 3.63) is 41.7 Å². The van der Waals surface area contributed by atoms with E-state index in [0.717, 1.165) is 61.7 Å². The number of anilines is 3. The second-order valence-corrected chi connectivity index (χ2v) is 9.62. The Labute approximate surface area is 198 Å². The molecule has 0 aliphatic carbocycles. The van der Waals surface area contributed by atoms with E-state index in [1.165, 1.54) is 11.3 Å². The maximum Gasteiger partial charge on any atom is 0.275 e. The number of benzene rings is 1. The highest BCUT2D eigenvalue weighted by Crippen LogP contribution is 2.31. The fourth-order valence-electron chi connectivity index (χ4n) is 4.00. The van der Waals surface area contributed by atoms with Crippen molar-refractivity contribution < 1.29 is 4.79 Å². The summed E-state index contributed by atoms with van der Waals surface area (Å²) in [6, 6.07) is 5.71. The van der Waals surface area contributed by atoms with Crippen molar-refractivity contribution in [1.29, 1.82) is 0 Å². The van der Waals surface area contributed by atoms with Crippen LogP contribution in [0.5, 0.6) is 0 Å². The van der Waals surface area contributed by atoms with Crippen LogP contribution in [0, 0.1) is 0 Å². The summed E-state index contributed by atoms with van der Waals surface area (Å²) in [5, 5.41) is 9.98. The molecule has 176 valence electrons. The van der Waals surface area contributed by atoms with E-state index in [-0.39, 0.29) is 11.9 Å². The van der Waals surface area contributed by atoms with Crippen LogP contribution in [0.4, 0.5) is 17.1 Å². The minimum atomic E-state index is -0.260. The molecular weight excluding hydrogens is 436 g/mol. The summed E-state index contributed by atoms with van der Waals surface area (Å²) >= 11 is 1.43. The van der Waals surface area contributed by atoms with Gasteiger partial charge in [-0.2, -0.15) is 5.10 Å². The normalized spacial score (nSPS) is 16.4. The van der Waals surface area contributed by atoms with E-state index in [4.69, 9.17) is 11.5 Å². The van der Waals surface area contributed by atoms with Gasteiger partial charge in [0.15, 0.2) is 0 Å². The van der Waals surface area contributed by atoms with Gasteiger partial charge in [-0.25, -0.2) is 4.98 Å². The maximum atomic E-state index is 13.0. The molecule has 2 aromatic heterocycles. The first-order valence-corrected chi connectivity index (χ1v) is 12.1. The molecule has 1 aliphatic rings. The average Bonchev–Trinajstić information content (AvgIpc) is 3.43. The second-order valence-electron chi connectivity index (χ2n) is 8.77. The predicted octanol–water partition coefficient (Wildman–Crippen LogP) is 2.72. The van der Waals surface area contributed by atoms with E-state index in [0.29, 0.717) is 17.1 Å². The van der Waals surface area contributed by atoms with E-state index in [2.05, 4.69) is 39.3 Å². The third-order valence-electron chi connectivity index (χ3n) is 5.68. The van der Waals surface area contributed by atoms with Crippen molar-refractivity contribution in [1.82, 2.24) is 19.7 Å². The predicted molar refractivity (Wildman–Crippen MR) is 135 cm³/mol. The summed E-state index contributed by atoms with van der Waals surface area (Å²) in [7, 11) is 4.12. The SMILES string of the molecule is CN(C)CCCn1cc(-c2nc(C(=O)Nc3cc(N)ccc3N3CCC[C@@H](N)C3)cs2)cn1. The highest BCUT2D eigenvalue weighted by atomic mass is 32.1. The van der Waals surface area contributed by atoms with Gasteiger partial charge < -0.3 is 26.6 Å². The smallest absolute Gasteiger partial charge is 0.275 e. The molecule has 9 nitrogen and oxygen atoms in total. The number of carbonyl (C=O) groups excluding carboxylic acids is 1. The van der Waals surface area contributed by atoms with Crippen LogP contribution in [0.2, 0.25) is 0 Å². The molecule has 10 heteroatoms. The van der Waals surface area contributed by atoms with Crippen LogP contribution in [-0.4, -0.2) is 65.3 Å². The van der Waals surface area contributed by atoms with Crippen LogP contribution >= 0.6 is 11.3 Å². The van der Waals surface area contributed by atoms with Gasteiger partial charge in [0.05, 0.1) is 17.6 Å². The van der Waals surface area contributed by atoms with Crippen LogP contribution in [0.1, 0.15) is 29.8 Å². The van der Waals surface area contributed by atoms with Gasteiger partial charge in [-0.15, -0.1) is 11.3 Å². The van der Waals surface area contributed by atoms with E-state index in [1.807, 2.05) is 23.0 Å². The first kappa shape index (κ1) is 23.2. The van der Waals surface area contributed by atoms with Gasteiger partial charge in [-0.1, -0.05) is 0 Å². The van der Waals surface area contributed by atoms with Crippen LogP contribution in [0.15, 0.2) is 36.0 Å². The molecule has 1 aliphatic heterocycles. The number of rotatable bonds is 8. The van der Waals surface area contributed by atoms with Crippen LogP contribution in [-0.2, 0) is 6.54 Å². The number of nitrogen functional groups attached to an aromatic ring is 1. The number of carbonyl (C=O) groups is 1. The van der Waals surface area contributed by atoms with Crippen molar-refractivity contribution in [2.75, 3.05) is 49.7 Å². The van der Waals surface area contributed by atoms with Crippen LogP contribution in [0.25, 0.3) is 10.6 Å². The zero-order valence-corrected chi connectivity index (χ0v) is 20.0. The Hall–Kier alpha value is -2.95. The van der Waals surface area contributed by atoms with Crippen molar-refractivity contribution in [3.8, 4) is 10.6 Å². The molecule has 5 N–H and O–H groups in total. The molecule has 1 fully saturated rings. The quantitative estimate of drug-likeness (QED) is 0.435. The highest BCUT2D eigenvalue weighted by molar-refractivity contribution is 7.13. The number of aryl methyl sites for hydroxylation is 1. The number of nitrogens with two attached hydrogens (primary N) is 2. The molecule has 0 spiro atoms. The summed E-state index contributed by atoms with van der Waals surface area (Å²) in [6.07, 6.45) is 6.83. The van der Waals surface area contributed by atoms with Gasteiger partial charge >= 0.3 is 0 Å². The first-order chi connectivity index (χ1) is 15.9. The lowest BCUT2D eigenvalue weighted by atomic mass is 10.1. The lowest BCUT2D eigenvalue weighted by Gasteiger charge is -2.34. The van der Waals surface area contributed by atoms with Crippen LogP contribution < -0.4 is 21.7 Å². The molecule has 1 amide bonds. The highest BCUT2D eigenvalue weighted by Gasteiger charge is 2.21. The van der Waals surface area contributed by atoms with E-state index < -0.39 is 0 Å².